The second kappa shape index (κ2) is 3.28. The van der Waals surface area contributed by atoms with Gasteiger partial charge in [0.05, 0.1) is 0 Å². The maximum absolute atomic E-state index is 7.69. The summed E-state index contributed by atoms with van der Waals surface area (Å²) >= 11 is 0. The number of hydrogen-bond donors (Lipinski definition) is 0. The van der Waals surface area contributed by atoms with E-state index in [1.807, 2.05) is 0 Å². The fraction of sp³-hybridized carbons (Fsp3) is 0.938. The van der Waals surface area contributed by atoms with Gasteiger partial charge in [-0.05, 0) is 48.9 Å². The van der Waals surface area contributed by atoms with Crippen molar-refractivity contribution in [1.82, 2.24) is 0 Å². The Morgan fingerprint density at radius 1 is 1.18 bits per heavy atom. The molecule has 1 heteroatoms. The summed E-state index contributed by atoms with van der Waals surface area (Å²) in [6.07, 6.45) is 5.40. The number of nitrogens with zero attached hydrogens (tertiary/aromatic N) is 1. The number of rotatable bonds is 1. The second-order valence-electron chi connectivity index (χ2n) is 7.79. The monoisotopic (exact) mass is 231 g/mol. The Hall–Kier alpha value is -0.510. The van der Waals surface area contributed by atoms with E-state index in [0.717, 1.165) is 17.8 Å². The molecule has 3 bridgehead atoms. The molecule has 17 heavy (non-hydrogen) atoms. The van der Waals surface area contributed by atoms with Crippen LogP contribution in [0.1, 0.15) is 53.4 Å². The highest BCUT2D eigenvalue weighted by Gasteiger charge is 2.69. The molecule has 6 atom stereocenters. The fourth-order valence-electron chi connectivity index (χ4n) is 5.80. The Labute approximate surface area is 106 Å². The van der Waals surface area contributed by atoms with Crippen LogP contribution in [0.5, 0.6) is 0 Å². The van der Waals surface area contributed by atoms with Crippen LogP contribution in [0.15, 0.2) is 0 Å². The molecule has 1 unspecified atom stereocenters. The number of hydrogen-bond acceptors (Lipinski definition) is 0. The highest BCUT2D eigenvalue weighted by atomic mass is 14.9. The zero-order chi connectivity index (χ0) is 12.4. The molecule has 0 radical (unpaired) electrons. The van der Waals surface area contributed by atoms with Crippen molar-refractivity contribution < 1.29 is 0 Å². The normalized spacial score (nSPS) is 56.2. The van der Waals surface area contributed by atoms with Crippen molar-refractivity contribution in [3.05, 3.63) is 11.4 Å². The van der Waals surface area contributed by atoms with E-state index in [1.54, 1.807) is 0 Å². The van der Waals surface area contributed by atoms with Crippen LogP contribution in [-0.4, -0.2) is 5.54 Å². The van der Waals surface area contributed by atoms with Gasteiger partial charge in [-0.1, -0.05) is 20.8 Å². The van der Waals surface area contributed by atoms with Crippen LogP contribution in [0.2, 0.25) is 0 Å². The SMILES string of the molecule is [C-]#[N+][C@]1(C)C2C[C@@H]3C[C@](C)(C2)[C@@H]1C[C@H]3C(C)C. The summed E-state index contributed by atoms with van der Waals surface area (Å²) in [6.45, 7) is 17.2. The highest BCUT2D eigenvalue weighted by Crippen LogP contribution is 2.69. The molecule has 1 nitrogen and oxygen atoms in total. The van der Waals surface area contributed by atoms with Gasteiger partial charge in [0.1, 0.15) is 0 Å². The van der Waals surface area contributed by atoms with Crippen LogP contribution in [0.4, 0.5) is 0 Å². The van der Waals surface area contributed by atoms with E-state index >= 15 is 0 Å². The van der Waals surface area contributed by atoms with Crippen molar-refractivity contribution in [3.8, 4) is 0 Å². The molecule has 0 saturated heterocycles. The maximum Gasteiger partial charge on any atom is 0.235 e. The number of fused-ring (bicyclic) bond motifs is 2. The Bertz CT molecular complexity index is 379. The summed E-state index contributed by atoms with van der Waals surface area (Å²) in [7, 11) is 0. The van der Waals surface area contributed by atoms with Gasteiger partial charge in [0.25, 0.3) is 0 Å². The Morgan fingerprint density at radius 3 is 2.47 bits per heavy atom. The van der Waals surface area contributed by atoms with E-state index in [-0.39, 0.29) is 5.54 Å². The average Bonchev–Trinajstić information content (AvgIpc) is 2.35. The van der Waals surface area contributed by atoms with Gasteiger partial charge in [-0.3, -0.25) is 0 Å². The van der Waals surface area contributed by atoms with E-state index in [2.05, 4.69) is 32.5 Å². The van der Waals surface area contributed by atoms with Gasteiger partial charge in [0.2, 0.25) is 5.54 Å². The van der Waals surface area contributed by atoms with E-state index in [0.29, 0.717) is 17.3 Å². The second-order valence-corrected chi connectivity index (χ2v) is 7.79. The van der Waals surface area contributed by atoms with Crippen LogP contribution in [0, 0.1) is 41.6 Å². The molecular weight excluding hydrogens is 206 g/mol. The molecule has 3 rings (SSSR count). The summed E-state index contributed by atoms with van der Waals surface area (Å²) < 4.78 is 0. The molecule has 0 N–H and O–H groups in total. The molecular formula is C16H25N. The van der Waals surface area contributed by atoms with Gasteiger partial charge < -0.3 is 4.85 Å². The predicted molar refractivity (Wildman–Crippen MR) is 70.4 cm³/mol. The molecule has 0 amide bonds. The van der Waals surface area contributed by atoms with Crippen molar-refractivity contribution >= 4 is 0 Å². The van der Waals surface area contributed by atoms with E-state index in [1.165, 1.54) is 25.7 Å². The largest absolute Gasteiger partial charge is 0.310 e. The van der Waals surface area contributed by atoms with Gasteiger partial charge in [0.15, 0.2) is 0 Å². The standard InChI is InChI=1S/C16H25N/c1-10(2)13-7-14-15(3)8-11(13)6-12(9-15)16(14,4)17-5/h10-14H,6-9H2,1-4H3/t11-,12?,13+,14+,15-,16-/m1/s1. The lowest BCUT2D eigenvalue weighted by Crippen LogP contribution is -2.42. The summed E-state index contributed by atoms with van der Waals surface area (Å²) in [4.78, 5) is 4.13. The lowest BCUT2D eigenvalue weighted by Gasteiger charge is -2.47. The zero-order valence-electron chi connectivity index (χ0n) is 11.7. The highest BCUT2D eigenvalue weighted by molar-refractivity contribution is 5.21. The molecule has 0 aromatic carbocycles. The van der Waals surface area contributed by atoms with Crippen molar-refractivity contribution in [3.63, 3.8) is 0 Å². The van der Waals surface area contributed by atoms with Crippen LogP contribution in [0.3, 0.4) is 0 Å². The molecule has 0 aromatic rings. The topological polar surface area (TPSA) is 4.36 Å². The predicted octanol–water partition coefficient (Wildman–Crippen LogP) is 4.39. The zero-order valence-corrected chi connectivity index (χ0v) is 11.7. The first-order chi connectivity index (χ1) is 7.90. The van der Waals surface area contributed by atoms with Crippen molar-refractivity contribution in [2.45, 2.75) is 58.9 Å². The van der Waals surface area contributed by atoms with Gasteiger partial charge in [-0.15, -0.1) is 0 Å². The van der Waals surface area contributed by atoms with Gasteiger partial charge in [0, 0.05) is 18.8 Å². The third kappa shape index (κ3) is 1.30. The van der Waals surface area contributed by atoms with Gasteiger partial charge in [-0.2, -0.15) is 0 Å². The molecule has 0 heterocycles. The molecule has 94 valence electrons. The lowest BCUT2D eigenvalue weighted by molar-refractivity contribution is 0.0118. The van der Waals surface area contributed by atoms with Gasteiger partial charge in [-0.25, -0.2) is 6.57 Å². The third-order valence-corrected chi connectivity index (χ3v) is 6.61. The first kappa shape index (κ1) is 11.6. The summed E-state index contributed by atoms with van der Waals surface area (Å²) in [5.41, 5.74) is 0.464. The van der Waals surface area contributed by atoms with E-state index in [4.69, 9.17) is 6.57 Å². The Morgan fingerprint density at radius 2 is 1.88 bits per heavy atom. The molecule has 3 aliphatic carbocycles. The van der Waals surface area contributed by atoms with E-state index in [9.17, 15) is 0 Å². The van der Waals surface area contributed by atoms with Crippen LogP contribution >= 0.6 is 0 Å². The van der Waals surface area contributed by atoms with Crippen LogP contribution in [-0.2, 0) is 0 Å². The smallest absolute Gasteiger partial charge is 0.235 e. The average molecular weight is 231 g/mol. The Kier molecular flexibility index (Phi) is 2.23. The molecule has 3 aliphatic rings. The molecule has 0 aliphatic heterocycles. The minimum absolute atomic E-state index is 0.0346. The first-order valence-corrected chi connectivity index (χ1v) is 7.29. The quantitative estimate of drug-likeness (QED) is 0.589. The molecule has 0 aromatic heterocycles. The first-order valence-electron chi connectivity index (χ1n) is 7.29. The third-order valence-electron chi connectivity index (χ3n) is 6.61. The van der Waals surface area contributed by atoms with Crippen LogP contribution in [0.25, 0.3) is 4.85 Å². The summed E-state index contributed by atoms with van der Waals surface area (Å²) in [6, 6.07) is 0. The fourth-order valence-corrected chi connectivity index (χ4v) is 5.80. The minimum Gasteiger partial charge on any atom is -0.310 e. The Balaban J connectivity index is 2.03. The molecule has 3 fully saturated rings. The molecule has 3 saturated carbocycles. The lowest BCUT2D eigenvalue weighted by atomic mass is 9.56. The summed E-state index contributed by atoms with van der Waals surface area (Å²) in [5, 5.41) is 0. The van der Waals surface area contributed by atoms with Crippen molar-refractivity contribution in [2.75, 3.05) is 0 Å². The van der Waals surface area contributed by atoms with E-state index < -0.39 is 0 Å². The minimum atomic E-state index is -0.0346. The van der Waals surface area contributed by atoms with Gasteiger partial charge >= 0.3 is 0 Å². The molecule has 0 spiro atoms. The van der Waals surface area contributed by atoms with Crippen LogP contribution < -0.4 is 0 Å². The van der Waals surface area contributed by atoms with Crippen molar-refractivity contribution in [2.24, 2.45) is 35.0 Å². The van der Waals surface area contributed by atoms with Crippen molar-refractivity contribution in [1.29, 1.82) is 0 Å². The summed E-state index contributed by atoms with van der Waals surface area (Å²) in [5.74, 6) is 3.97. The maximum atomic E-state index is 7.69.